The summed E-state index contributed by atoms with van der Waals surface area (Å²) in [6.45, 7) is 3.94. The molecule has 174 valence electrons. The molecule has 4 rings (SSSR count). The van der Waals surface area contributed by atoms with Crippen LogP contribution in [0.25, 0.3) is 10.8 Å². The number of nitrogens with one attached hydrogen (secondary N) is 2. The number of halogens is 2. The second kappa shape index (κ2) is 9.66. The van der Waals surface area contributed by atoms with Crippen LogP contribution in [0.2, 0.25) is 10.2 Å². The lowest BCUT2D eigenvalue weighted by Crippen LogP contribution is -2.43. The first-order valence-corrected chi connectivity index (χ1v) is 11.1. The van der Waals surface area contributed by atoms with E-state index < -0.39 is 11.8 Å². The number of aryl methyl sites for hydroxylation is 2. The van der Waals surface area contributed by atoms with Gasteiger partial charge in [0.2, 0.25) is 0 Å². The minimum Gasteiger partial charge on any atom is -0.267 e. The maximum atomic E-state index is 12.9. The van der Waals surface area contributed by atoms with Crippen LogP contribution >= 0.6 is 23.2 Å². The van der Waals surface area contributed by atoms with Crippen LogP contribution < -0.4 is 16.4 Å². The van der Waals surface area contributed by atoms with E-state index in [1.165, 1.54) is 9.36 Å². The van der Waals surface area contributed by atoms with Crippen molar-refractivity contribution >= 4 is 45.8 Å². The Morgan fingerprint density at radius 2 is 1.56 bits per heavy atom. The van der Waals surface area contributed by atoms with Gasteiger partial charge in [-0.15, -0.1) is 0 Å². The number of carbonyl (C=O) groups is 2. The highest BCUT2D eigenvalue weighted by Crippen LogP contribution is 2.23. The number of hydrogen-bond donors (Lipinski definition) is 2. The first kappa shape index (κ1) is 23.5. The molecule has 2 heterocycles. The predicted molar refractivity (Wildman–Crippen MR) is 129 cm³/mol. The van der Waals surface area contributed by atoms with Crippen molar-refractivity contribution in [3.05, 3.63) is 91.6 Å². The van der Waals surface area contributed by atoms with E-state index >= 15 is 0 Å². The van der Waals surface area contributed by atoms with Crippen molar-refractivity contribution in [1.82, 2.24) is 30.4 Å². The second-order valence-corrected chi connectivity index (χ2v) is 8.19. The van der Waals surface area contributed by atoms with Crippen molar-refractivity contribution in [2.75, 3.05) is 0 Å². The smallest absolute Gasteiger partial charge is 0.267 e. The highest BCUT2D eigenvalue weighted by atomic mass is 35.5. The van der Waals surface area contributed by atoms with E-state index in [1.807, 2.05) is 18.2 Å². The van der Waals surface area contributed by atoms with E-state index in [-0.39, 0.29) is 35.1 Å². The Morgan fingerprint density at radius 3 is 2.26 bits per heavy atom. The summed E-state index contributed by atoms with van der Waals surface area (Å²) in [7, 11) is 0. The Kier molecular flexibility index (Phi) is 6.67. The largest absolute Gasteiger partial charge is 0.290 e. The fraction of sp³-hybridized carbons (Fsp3) is 0.174. The lowest BCUT2D eigenvalue weighted by Gasteiger charge is -2.11. The van der Waals surface area contributed by atoms with Gasteiger partial charge in [-0.25, -0.2) is 9.36 Å². The number of benzene rings is 2. The molecule has 2 aromatic heterocycles. The standard InChI is InChI=1S/C23H20Cl2N6O3/c1-3-30-23(34)16-10-6-5-9-15(16)19(29-30)22(33)27-26-21(32)18-13(2)28-31(20(18)25)12-14-8-4-7-11-17(14)24/h4-11H,3,12H2,1-2H3,(H,26,32)(H,27,33). The summed E-state index contributed by atoms with van der Waals surface area (Å²) in [5.74, 6) is -1.32. The number of hydrogen-bond acceptors (Lipinski definition) is 5. The third-order valence-electron chi connectivity index (χ3n) is 5.24. The highest BCUT2D eigenvalue weighted by molar-refractivity contribution is 6.33. The van der Waals surface area contributed by atoms with Crippen LogP contribution in [0.3, 0.4) is 0 Å². The van der Waals surface area contributed by atoms with Crippen molar-refractivity contribution in [1.29, 1.82) is 0 Å². The van der Waals surface area contributed by atoms with Crippen LogP contribution in [-0.4, -0.2) is 31.4 Å². The molecule has 0 bridgehead atoms. The van der Waals surface area contributed by atoms with Crippen molar-refractivity contribution in [2.45, 2.75) is 26.9 Å². The van der Waals surface area contributed by atoms with Gasteiger partial charge in [-0.05, 0) is 31.5 Å². The quantitative estimate of drug-likeness (QED) is 0.410. The average Bonchev–Trinajstić information content (AvgIpc) is 3.11. The van der Waals surface area contributed by atoms with Crippen LogP contribution in [0.15, 0.2) is 53.3 Å². The number of rotatable bonds is 5. The molecule has 0 unspecified atom stereocenters. The molecule has 2 aromatic carbocycles. The van der Waals surface area contributed by atoms with Gasteiger partial charge in [-0.2, -0.15) is 10.2 Å². The normalized spacial score (nSPS) is 10.9. The number of aromatic nitrogens is 4. The molecule has 0 fully saturated rings. The molecular formula is C23H20Cl2N6O3. The Labute approximate surface area is 204 Å². The van der Waals surface area contributed by atoms with E-state index in [0.717, 1.165) is 5.56 Å². The molecule has 11 heteroatoms. The van der Waals surface area contributed by atoms with Gasteiger partial charge in [0.05, 0.1) is 17.6 Å². The minimum absolute atomic E-state index is 0.00887. The first-order valence-electron chi connectivity index (χ1n) is 10.4. The summed E-state index contributed by atoms with van der Waals surface area (Å²) in [5, 5.41) is 9.87. The third-order valence-corrected chi connectivity index (χ3v) is 6.00. The first-order chi connectivity index (χ1) is 16.3. The molecule has 0 aliphatic heterocycles. The molecule has 0 saturated carbocycles. The van der Waals surface area contributed by atoms with Gasteiger partial charge < -0.3 is 0 Å². The fourth-order valence-electron chi connectivity index (χ4n) is 3.56. The van der Waals surface area contributed by atoms with Gasteiger partial charge in [0.25, 0.3) is 17.4 Å². The van der Waals surface area contributed by atoms with Gasteiger partial charge >= 0.3 is 0 Å². The number of nitrogens with zero attached hydrogens (tertiary/aromatic N) is 4. The zero-order valence-corrected chi connectivity index (χ0v) is 19.8. The van der Waals surface area contributed by atoms with E-state index in [9.17, 15) is 14.4 Å². The highest BCUT2D eigenvalue weighted by Gasteiger charge is 2.22. The monoisotopic (exact) mass is 498 g/mol. The number of fused-ring (bicyclic) bond motifs is 1. The Bertz CT molecular complexity index is 1480. The Balaban J connectivity index is 1.55. The molecule has 2 amide bonds. The number of amides is 2. The van der Waals surface area contributed by atoms with Crippen LogP contribution in [0, 0.1) is 6.92 Å². The summed E-state index contributed by atoms with van der Waals surface area (Å²) in [6.07, 6.45) is 0. The van der Waals surface area contributed by atoms with E-state index in [4.69, 9.17) is 23.2 Å². The summed E-state index contributed by atoms with van der Waals surface area (Å²) in [4.78, 5) is 38.2. The molecule has 2 N–H and O–H groups in total. The maximum absolute atomic E-state index is 12.9. The summed E-state index contributed by atoms with van der Waals surface area (Å²) in [5.41, 5.74) is 5.70. The van der Waals surface area contributed by atoms with E-state index in [0.29, 0.717) is 21.5 Å². The number of carbonyl (C=O) groups excluding carboxylic acids is 2. The third kappa shape index (κ3) is 4.40. The molecule has 0 atom stereocenters. The van der Waals surface area contributed by atoms with Gasteiger partial charge in [0.1, 0.15) is 10.7 Å². The molecule has 4 aromatic rings. The van der Waals surface area contributed by atoms with Crippen LogP contribution in [0.4, 0.5) is 0 Å². The lowest BCUT2D eigenvalue weighted by molar-refractivity contribution is 0.0843. The Hall–Kier alpha value is -3.69. The molecule has 34 heavy (non-hydrogen) atoms. The lowest BCUT2D eigenvalue weighted by atomic mass is 10.1. The molecule has 9 nitrogen and oxygen atoms in total. The summed E-state index contributed by atoms with van der Waals surface area (Å²) in [6, 6.07) is 13.9. The minimum atomic E-state index is -0.677. The molecule has 0 radical (unpaired) electrons. The van der Waals surface area contributed by atoms with Crippen LogP contribution in [0.5, 0.6) is 0 Å². The van der Waals surface area contributed by atoms with Crippen molar-refractivity contribution in [3.8, 4) is 0 Å². The van der Waals surface area contributed by atoms with Gasteiger partial charge in [0.15, 0.2) is 5.69 Å². The predicted octanol–water partition coefficient (Wildman–Crippen LogP) is 3.35. The molecular weight excluding hydrogens is 479 g/mol. The van der Waals surface area contributed by atoms with E-state index in [2.05, 4.69) is 21.0 Å². The van der Waals surface area contributed by atoms with Gasteiger partial charge in [-0.3, -0.25) is 25.2 Å². The molecule has 0 spiro atoms. The molecule has 0 saturated heterocycles. The SMILES string of the molecule is CCn1nc(C(=O)NNC(=O)c2c(C)nn(Cc3ccccc3Cl)c2Cl)c2ccccc2c1=O. The van der Waals surface area contributed by atoms with Gasteiger partial charge in [0, 0.05) is 17.0 Å². The Morgan fingerprint density at radius 1 is 0.912 bits per heavy atom. The summed E-state index contributed by atoms with van der Waals surface area (Å²) < 4.78 is 2.65. The zero-order chi connectivity index (χ0) is 24.4. The molecule has 0 aliphatic carbocycles. The van der Waals surface area contributed by atoms with Crippen LogP contribution in [0.1, 0.15) is 39.0 Å². The number of hydrazine groups is 1. The summed E-state index contributed by atoms with van der Waals surface area (Å²) >= 11 is 12.6. The maximum Gasteiger partial charge on any atom is 0.290 e. The van der Waals surface area contributed by atoms with Crippen molar-refractivity contribution in [2.24, 2.45) is 0 Å². The fourth-order valence-corrected chi connectivity index (χ4v) is 4.07. The van der Waals surface area contributed by atoms with E-state index in [1.54, 1.807) is 44.2 Å². The topological polar surface area (TPSA) is 111 Å². The van der Waals surface area contributed by atoms with Crippen LogP contribution in [-0.2, 0) is 13.1 Å². The second-order valence-electron chi connectivity index (χ2n) is 7.42. The van der Waals surface area contributed by atoms with Crippen molar-refractivity contribution < 1.29 is 9.59 Å². The van der Waals surface area contributed by atoms with Crippen molar-refractivity contribution in [3.63, 3.8) is 0 Å². The average molecular weight is 499 g/mol. The molecule has 0 aliphatic rings. The van der Waals surface area contributed by atoms with Gasteiger partial charge in [-0.1, -0.05) is 59.6 Å². The zero-order valence-electron chi connectivity index (χ0n) is 18.3.